The molecule has 0 saturated heterocycles. The van der Waals surface area contributed by atoms with Gasteiger partial charge in [-0.1, -0.05) is 58.3 Å². The lowest BCUT2D eigenvalue weighted by Crippen LogP contribution is -2.29. The highest BCUT2D eigenvalue weighted by molar-refractivity contribution is 7.84. The van der Waals surface area contributed by atoms with Gasteiger partial charge in [0.05, 0.1) is 0 Å². The molecule has 0 aromatic carbocycles. The molecule has 108 valence electrons. The molecule has 2 N–H and O–H groups in total. The summed E-state index contributed by atoms with van der Waals surface area (Å²) < 4.78 is 30.6. The third kappa shape index (κ3) is 13.4. The second-order valence-corrected chi connectivity index (χ2v) is 5.73. The molecule has 0 aliphatic heterocycles. The van der Waals surface area contributed by atoms with Gasteiger partial charge >= 0.3 is 10.3 Å². The number of nitrogens with one attached hydrogen (secondary N) is 1. The molecule has 0 saturated carbocycles. The predicted octanol–water partition coefficient (Wildman–Crippen LogP) is 2.83. The van der Waals surface area contributed by atoms with Crippen LogP contribution in [0.3, 0.4) is 0 Å². The lowest BCUT2D eigenvalue weighted by atomic mass is 10.1. The molecule has 0 spiro atoms. The van der Waals surface area contributed by atoms with Crippen LogP contribution in [-0.2, 0) is 15.1 Å². The Hall–Kier alpha value is -0.620. The minimum atomic E-state index is -4.38. The number of rotatable bonds is 11. The highest BCUT2D eigenvalue weighted by Gasteiger charge is 2.08. The summed E-state index contributed by atoms with van der Waals surface area (Å²) in [4.78, 5) is 11.0. The Morgan fingerprint density at radius 1 is 0.944 bits per heavy atom. The SMILES string of the molecule is CCCCCCCCCCCC(=O)NS(=O)(=O)O. The minimum Gasteiger partial charge on any atom is -0.274 e. The van der Waals surface area contributed by atoms with Crippen LogP contribution in [0.15, 0.2) is 0 Å². The van der Waals surface area contributed by atoms with E-state index in [1.807, 2.05) is 0 Å². The summed E-state index contributed by atoms with van der Waals surface area (Å²) in [5, 5.41) is 0. The number of hydrogen-bond donors (Lipinski definition) is 2. The molecule has 0 aromatic rings. The molecule has 6 heteroatoms. The van der Waals surface area contributed by atoms with E-state index in [1.54, 1.807) is 0 Å². The van der Waals surface area contributed by atoms with Crippen molar-refractivity contribution in [1.29, 1.82) is 0 Å². The topological polar surface area (TPSA) is 83.5 Å². The van der Waals surface area contributed by atoms with E-state index in [2.05, 4.69) is 6.92 Å². The number of unbranched alkanes of at least 4 members (excludes halogenated alkanes) is 8. The zero-order chi connectivity index (χ0) is 13.9. The summed E-state index contributed by atoms with van der Waals surface area (Å²) in [7, 11) is -4.38. The molecule has 0 unspecified atom stereocenters. The van der Waals surface area contributed by atoms with Crippen molar-refractivity contribution in [1.82, 2.24) is 4.72 Å². The van der Waals surface area contributed by atoms with Crippen LogP contribution in [-0.4, -0.2) is 18.9 Å². The Bertz CT molecular complexity index is 314. The average Bonchev–Trinajstić information content (AvgIpc) is 2.24. The van der Waals surface area contributed by atoms with E-state index in [9.17, 15) is 13.2 Å². The fourth-order valence-electron chi connectivity index (χ4n) is 1.79. The van der Waals surface area contributed by atoms with Crippen LogP contribution in [0.5, 0.6) is 0 Å². The monoisotopic (exact) mass is 279 g/mol. The lowest BCUT2D eigenvalue weighted by Gasteiger charge is -2.02. The van der Waals surface area contributed by atoms with Gasteiger partial charge in [0, 0.05) is 6.42 Å². The van der Waals surface area contributed by atoms with Gasteiger partial charge in [0.15, 0.2) is 0 Å². The molecule has 0 heterocycles. The molecular formula is C12H25NO4S. The standard InChI is InChI=1S/C12H25NO4S/c1-2-3-4-5-6-7-8-9-10-11-12(14)13-18(15,16)17/h2-11H2,1H3,(H,13,14)(H,15,16,17). The smallest absolute Gasteiger partial charge is 0.274 e. The fourth-order valence-corrected chi connectivity index (χ4v) is 2.18. The van der Waals surface area contributed by atoms with Crippen LogP contribution in [0.25, 0.3) is 0 Å². The molecule has 0 rings (SSSR count). The van der Waals surface area contributed by atoms with Gasteiger partial charge in [-0.25, -0.2) is 4.72 Å². The maximum absolute atomic E-state index is 11.0. The van der Waals surface area contributed by atoms with Crippen molar-refractivity contribution in [3.8, 4) is 0 Å². The summed E-state index contributed by atoms with van der Waals surface area (Å²) in [6.45, 7) is 2.19. The summed E-state index contributed by atoms with van der Waals surface area (Å²) >= 11 is 0. The van der Waals surface area contributed by atoms with Gasteiger partial charge < -0.3 is 0 Å². The molecule has 1 amide bonds. The van der Waals surface area contributed by atoms with Crippen molar-refractivity contribution < 1.29 is 17.8 Å². The van der Waals surface area contributed by atoms with Crippen molar-refractivity contribution in [2.45, 2.75) is 71.1 Å². The van der Waals surface area contributed by atoms with Crippen molar-refractivity contribution in [2.24, 2.45) is 0 Å². The molecule has 18 heavy (non-hydrogen) atoms. The van der Waals surface area contributed by atoms with Crippen molar-refractivity contribution >= 4 is 16.2 Å². The predicted molar refractivity (Wildman–Crippen MR) is 71.5 cm³/mol. The Morgan fingerprint density at radius 3 is 1.83 bits per heavy atom. The van der Waals surface area contributed by atoms with E-state index < -0.39 is 16.2 Å². The van der Waals surface area contributed by atoms with Crippen LogP contribution >= 0.6 is 0 Å². The Balaban J connectivity index is 3.28. The van der Waals surface area contributed by atoms with Crippen molar-refractivity contribution in [2.75, 3.05) is 0 Å². The molecule has 5 nitrogen and oxygen atoms in total. The third-order valence-corrected chi connectivity index (χ3v) is 3.24. The molecule has 0 aliphatic carbocycles. The van der Waals surface area contributed by atoms with Crippen LogP contribution in [0.4, 0.5) is 0 Å². The van der Waals surface area contributed by atoms with Gasteiger partial charge in [0.2, 0.25) is 5.91 Å². The summed E-state index contributed by atoms with van der Waals surface area (Å²) in [6.07, 6.45) is 10.3. The Labute approximate surface area is 110 Å². The van der Waals surface area contributed by atoms with E-state index in [0.717, 1.165) is 12.8 Å². The number of carbonyl (C=O) groups excluding carboxylic acids is 1. The van der Waals surface area contributed by atoms with E-state index in [1.165, 1.54) is 43.2 Å². The summed E-state index contributed by atoms with van der Waals surface area (Å²) in [5.74, 6) is -0.638. The molecule has 0 fully saturated rings. The highest BCUT2D eigenvalue weighted by Crippen LogP contribution is 2.10. The first-order chi connectivity index (χ1) is 8.45. The maximum Gasteiger partial charge on any atom is 0.359 e. The Kier molecular flexibility index (Phi) is 9.96. The third-order valence-electron chi connectivity index (χ3n) is 2.75. The highest BCUT2D eigenvalue weighted by atomic mass is 32.2. The second-order valence-electron chi connectivity index (χ2n) is 4.58. The van der Waals surface area contributed by atoms with Gasteiger partial charge in [0.25, 0.3) is 0 Å². The van der Waals surface area contributed by atoms with E-state index in [-0.39, 0.29) is 6.42 Å². The first-order valence-electron chi connectivity index (χ1n) is 6.73. The number of hydrogen-bond acceptors (Lipinski definition) is 3. The van der Waals surface area contributed by atoms with E-state index in [0.29, 0.717) is 6.42 Å². The fraction of sp³-hybridized carbons (Fsp3) is 0.917. The van der Waals surface area contributed by atoms with Crippen LogP contribution in [0.1, 0.15) is 71.1 Å². The van der Waals surface area contributed by atoms with Gasteiger partial charge in [-0.3, -0.25) is 9.35 Å². The first kappa shape index (κ1) is 17.4. The molecule has 0 radical (unpaired) electrons. The average molecular weight is 279 g/mol. The zero-order valence-electron chi connectivity index (χ0n) is 11.2. The molecule has 0 aromatic heterocycles. The van der Waals surface area contributed by atoms with Gasteiger partial charge in [-0.05, 0) is 6.42 Å². The van der Waals surface area contributed by atoms with E-state index >= 15 is 0 Å². The Morgan fingerprint density at radius 2 is 1.39 bits per heavy atom. The summed E-state index contributed by atoms with van der Waals surface area (Å²) in [5.41, 5.74) is 0. The van der Waals surface area contributed by atoms with E-state index in [4.69, 9.17) is 4.55 Å². The maximum atomic E-state index is 11.0. The van der Waals surface area contributed by atoms with Crippen molar-refractivity contribution in [3.05, 3.63) is 0 Å². The molecule has 0 atom stereocenters. The minimum absolute atomic E-state index is 0.148. The number of amides is 1. The molecule has 0 bridgehead atoms. The first-order valence-corrected chi connectivity index (χ1v) is 8.17. The van der Waals surface area contributed by atoms with Crippen molar-refractivity contribution in [3.63, 3.8) is 0 Å². The van der Waals surface area contributed by atoms with Gasteiger partial charge in [-0.15, -0.1) is 0 Å². The van der Waals surface area contributed by atoms with Crippen LogP contribution < -0.4 is 4.72 Å². The zero-order valence-corrected chi connectivity index (χ0v) is 12.0. The largest absolute Gasteiger partial charge is 0.359 e. The van der Waals surface area contributed by atoms with Gasteiger partial charge in [0.1, 0.15) is 0 Å². The molecular weight excluding hydrogens is 254 g/mol. The molecule has 0 aliphatic rings. The summed E-state index contributed by atoms with van der Waals surface area (Å²) in [6, 6.07) is 0. The lowest BCUT2D eigenvalue weighted by molar-refractivity contribution is -0.119. The quantitative estimate of drug-likeness (QED) is 0.450. The normalized spacial score (nSPS) is 11.4. The second kappa shape index (κ2) is 10.3. The van der Waals surface area contributed by atoms with Gasteiger partial charge in [-0.2, -0.15) is 8.42 Å². The van der Waals surface area contributed by atoms with Crippen LogP contribution in [0.2, 0.25) is 0 Å². The van der Waals surface area contributed by atoms with Crippen LogP contribution in [0, 0.1) is 0 Å². The number of carbonyl (C=O) groups is 1.